The lowest BCUT2D eigenvalue weighted by Crippen LogP contribution is -2.17. The third kappa shape index (κ3) is 4.61. The number of methoxy groups -OCH3 is 1. The van der Waals surface area contributed by atoms with Crippen molar-refractivity contribution in [3.63, 3.8) is 0 Å². The molecule has 1 aromatic carbocycles. The van der Waals surface area contributed by atoms with Gasteiger partial charge in [0, 0.05) is 17.5 Å². The van der Waals surface area contributed by atoms with E-state index in [-0.39, 0.29) is 12.1 Å². The molecule has 10 nitrogen and oxygen atoms in total. The number of nitrogens with one attached hydrogen (secondary N) is 1. The van der Waals surface area contributed by atoms with Gasteiger partial charge in [-0.2, -0.15) is 0 Å². The van der Waals surface area contributed by atoms with Gasteiger partial charge in [-0.1, -0.05) is 24.3 Å². The van der Waals surface area contributed by atoms with Crippen molar-refractivity contribution in [3.8, 4) is 11.3 Å². The van der Waals surface area contributed by atoms with Crippen LogP contribution in [0.15, 0.2) is 33.5 Å². The summed E-state index contributed by atoms with van der Waals surface area (Å²) in [5.74, 6) is 0. The molecule has 2 heterocycles. The number of hydrogen-bond acceptors (Lipinski definition) is 8. The number of aliphatic hydroxyl groups excluding tert-OH is 1. The number of nitrogens with zero attached hydrogens (tertiary/aromatic N) is 3. The molecule has 10 heteroatoms. The Morgan fingerprint density at radius 3 is 2.83 bits per heavy atom. The first kappa shape index (κ1) is 20.5. The Morgan fingerprint density at radius 1 is 1.34 bits per heavy atom. The molecule has 0 unspecified atom stereocenters. The molecule has 0 spiro atoms. The average molecular weight is 402 g/mol. The van der Waals surface area contributed by atoms with Crippen molar-refractivity contribution in [2.75, 3.05) is 12.4 Å². The molecule has 0 radical (unpaired) electrons. The maximum absolute atomic E-state index is 12.1. The van der Waals surface area contributed by atoms with Gasteiger partial charge in [0.25, 0.3) is 0 Å². The summed E-state index contributed by atoms with van der Waals surface area (Å²) >= 11 is 0. The highest BCUT2D eigenvalue weighted by atomic mass is 16.5. The first-order chi connectivity index (χ1) is 13.9. The molecule has 0 atom stereocenters. The zero-order valence-electron chi connectivity index (χ0n) is 16.1. The van der Waals surface area contributed by atoms with Crippen LogP contribution in [0.5, 0.6) is 0 Å². The number of aryl methyl sites for hydroxylation is 1. The number of carbonyl (C=O) groups excluding carboxylic acids is 1. The molecule has 0 bridgehead atoms. The number of hydrogen-bond donors (Lipinski definition) is 3. The van der Waals surface area contributed by atoms with Crippen LogP contribution in [0.1, 0.15) is 25.5 Å². The maximum atomic E-state index is 12.1. The Hall–Kier alpha value is -3.24. The highest BCUT2D eigenvalue weighted by Gasteiger charge is 2.15. The van der Waals surface area contributed by atoms with Crippen LogP contribution >= 0.6 is 0 Å². The number of aromatic nitrogens is 3. The normalized spacial score (nSPS) is 11.2. The van der Waals surface area contributed by atoms with Crippen molar-refractivity contribution in [2.45, 2.75) is 39.0 Å². The summed E-state index contributed by atoms with van der Waals surface area (Å²) in [6, 6.07) is 6.80. The topological polar surface area (TPSA) is 140 Å². The monoisotopic (exact) mass is 402 g/mol. The van der Waals surface area contributed by atoms with E-state index < -0.39 is 18.0 Å². The van der Waals surface area contributed by atoms with Crippen molar-refractivity contribution in [2.24, 2.45) is 0 Å². The highest BCUT2D eigenvalue weighted by Crippen LogP contribution is 2.26. The zero-order chi connectivity index (χ0) is 21.0. The molecule has 0 saturated carbocycles. The Morgan fingerprint density at radius 2 is 2.14 bits per heavy atom. The molecule has 0 fully saturated rings. The molecule has 3 N–H and O–H groups in total. The number of rotatable bonds is 7. The predicted molar refractivity (Wildman–Crippen MR) is 104 cm³/mol. The molecule has 154 valence electrons. The van der Waals surface area contributed by atoms with Crippen molar-refractivity contribution in [3.05, 3.63) is 40.4 Å². The second-order valence-corrected chi connectivity index (χ2v) is 6.40. The minimum atomic E-state index is -1.34. The quantitative estimate of drug-likeness (QED) is 0.402. The SMILES string of the molecule is CCc1c(-c2ccc3cc(NC(=O)OC)c(=O)oc3c2)nnn1CCCC(O)O. The van der Waals surface area contributed by atoms with Gasteiger partial charge in [0.2, 0.25) is 0 Å². The molecular formula is C19H22N4O6. The van der Waals surface area contributed by atoms with E-state index in [0.717, 1.165) is 11.3 Å². The fourth-order valence-corrected chi connectivity index (χ4v) is 3.02. The Kier molecular flexibility index (Phi) is 6.25. The molecule has 2 aromatic heterocycles. The maximum Gasteiger partial charge on any atom is 0.411 e. The van der Waals surface area contributed by atoms with Gasteiger partial charge in [-0.05, 0) is 31.4 Å². The van der Waals surface area contributed by atoms with Gasteiger partial charge in [0.15, 0.2) is 6.29 Å². The van der Waals surface area contributed by atoms with E-state index in [2.05, 4.69) is 20.4 Å². The van der Waals surface area contributed by atoms with Crippen molar-refractivity contribution >= 4 is 22.7 Å². The van der Waals surface area contributed by atoms with E-state index in [1.54, 1.807) is 16.8 Å². The van der Waals surface area contributed by atoms with Crippen LogP contribution in [0, 0.1) is 0 Å². The third-order valence-electron chi connectivity index (χ3n) is 4.44. The van der Waals surface area contributed by atoms with E-state index in [0.29, 0.717) is 36.0 Å². The van der Waals surface area contributed by atoms with Crippen LogP contribution < -0.4 is 10.9 Å². The van der Waals surface area contributed by atoms with Gasteiger partial charge >= 0.3 is 11.7 Å². The summed E-state index contributed by atoms with van der Waals surface area (Å²) in [7, 11) is 1.20. The standard InChI is InChI=1S/C19H22N4O6/c1-3-14-17(21-22-23(14)8-4-5-16(24)25)12-7-6-11-9-13(20-19(27)28-2)18(26)29-15(11)10-12/h6-7,9-10,16,24-25H,3-5,8H2,1-2H3,(H,20,27). The van der Waals surface area contributed by atoms with Crippen molar-refractivity contribution < 1.29 is 24.2 Å². The zero-order valence-corrected chi connectivity index (χ0v) is 16.1. The number of ether oxygens (including phenoxy) is 1. The largest absolute Gasteiger partial charge is 0.453 e. The van der Waals surface area contributed by atoms with Gasteiger partial charge in [-0.15, -0.1) is 5.10 Å². The van der Waals surface area contributed by atoms with E-state index in [1.807, 2.05) is 13.0 Å². The Bertz CT molecular complexity index is 1070. The van der Waals surface area contributed by atoms with E-state index in [1.165, 1.54) is 13.2 Å². The van der Waals surface area contributed by atoms with Crippen LogP contribution in [-0.4, -0.2) is 44.7 Å². The lowest BCUT2D eigenvalue weighted by molar-refractivity contribution is -0.0470. The molecule has 0 aliphatic carbocycles. The number of carbonyl (C=O) groups is 1. The van der Waals surface area contributed by atoms with Crippen molar-refractivity contribution in [1.82, 2.24) is 15.0 Å². The highest BCUT2D eigenvalue weighted by molar-refractivity contribution is 5.89. The number of fused-ring (bicyclic) bond motifs is 1. The lowest BCUT2D eigenvalue weighted by Gasteiger charge is -2.08. The number of benzene rings is 1. The second kappa shape index (κ2) is 8.84. The molecule has 3 rings (SSSR count). The predicted octanol–water partition coefficient (Wildman–Crippen LogP) is 1.88. The summed E-state index contributed by atoms with van der Waals surface area (Å²) in [6.07, 6.45) is -0.623. The van der Waals surface area contributed by atoms with Gasteiger partial charge in [0.1, 0.15) is 17.0 Å². The summed E-state index contributed by atoms with van der Waals surface area (Å²) in [4.78, 5) is 23.5. The molecule has 0 aliphatic rings. The van der Waals surface area contributed by atoms with Crippen LogP contribution in [-0.2, 0) is 17.7 Å². The molecule has 1 amide bonds. The van der Waals surface area contributed by atoms with Crippen molar-refractivity contribution in [1.29, 1.82) is 0 Å². The second-order valence-electron chi connectivity index (χ2n) is 6.40. The van der Waals surface area contributed by atoms with Gasteiger partial charge < -0.3 is 19.4 Å². The van der Waals surface area contributed by atoms with Crippen LogP contribution in [0.25, 0.3) is 22.2 Å². The fraction of sp³-hybridized carbons (Fsp3) is 0.368. The Balaban J connectivity index is 1.92. The minimum absolute atomic E-state index is 0.0108. The summed E-state index contributed by atoms with van der Waals surface area (Å²) in [5.41, 5.74) is 1.94. The third-order valence-corrected chi connectivity index (χ3v) is 4.44. The number of amides is 1. The molecular weight excluding hydrogens is 380 g/mol. The molecule has 0 aliphatic heterocycles. The first-order valence-electron chi connectivity index (χ1n) is 9.14. The Labute approximate surface area is 165 Å². The lowest BCUT2D eigenvalue weighted by atomic mass is 10.1. The fourth-order valence-electron chi connectivity index (χ4n) is 3.02. The van der Waals surface area contributed by atoms with E-state index in [4.69, 9.17) is 14.6 Å². The van der Waals surface area contributed by atoms with Crippen LogP contribution in [0.3, 0.4) is 0 Å². The van der Waals surface area contributed by atoms with Crippen LogP contribution in [0.4, 0.5) is 10.5 Å². The molecule has 0 saturated heterocycles. The summed E-state index contributed by atoms with van der Waals surface area (Å²) < 4.78 is 11.6. The molecule has 3 aromatic rings. The summed E-state index contributed by atoms with van der Waals surface area (Å²) in [5, 5.41) is 29.3. The van der Waals surface area contributed by atoms with Gasteiger partial charge in [-0.25, -0.2) is 14.3 Å². The van der Waals surface area contributed by atoms with E-state index in [9.17, 15) is 9.59 Å². The average Bonchev–Trinajstić information content (AvgIpc) is 3.10. The number of anilines is 1. The van der Waals surface area contributed by atoms with Gasteiger partial charge in [0.05, 0.1) is 12.8 Å². The smallest absolute Gasteiger partial charge is 0.411 e. The molecule has 29 heavy (non-hydrogen) atoms. The first-order valence-corrected chi connectivity index (χ1v) is 9.14. The number of aliphatic hydroxyl groups is 2. The van der Waals surface area contributed by atoms with Gasteiger partial charge in [-0.3, -0.25) is 5.32 Å². The van der Waals surface area contributed by atoms with E-state index >= 15 is 0 Å². The van der Waals surface area contributed by atoms with Crippen LogP contribution in [0.2, 0.25) is 0 Å². The minimum Gasteiger partial charge on any atom is -0.453 e. The summed E-state index contributed by atoms with van der Waals surface area (Å²) in [6.45, 7) is 2.49.